The minimum Gasteiger partial charge on any atom is -0.369 e. The Balaban J connectivity index is 1.66. The smallest absolute Gasteiger partial charge is 0.255 e. The Kier molecular flexibility index (Phi) is 6.12. The highest BCUT2D eigenvalue weighted by Gasteiger charge is 2.18. The number of benzene rings is 4. The zero-order valence-electron chi connectivity index (χ0n) is 19.8. The number of hydrogen-bond acceptors (Lipinski definition) is 6. The summed E-state index contributed by atoms with van der Waals surface area (Å²) in [7, 11) is -3.88. The van der Waals surface area contributed by atoms with Crippen LogP contribution in [0.25, 0.3) is 27.4 Å². The van der Waals surface area contributed by atoms with E-state index in [-0.39, 0.29) is 17.2 Å². The molecule has 0 atom stereocenters. The number of hydrogen-bond donors (Lipinski definition) is 3. The molecule has 5 aromatic rings. The minimum atomic E-state index is -3.88. The first-order valence-electron chi connectivity index (χ1n) is 11.3. The number of fused-ring (bicyclic) bond motifs is 3. The van der Waals surface area contributed by atoms with Crippen molar-refractivity contribution in [2.24, 2.45) is 10.9 Å². The van der Waals surface area contributed by atoms with Crippen molar-refractivity contribution >= 4 is 49.2 Å². The summed E-state index contributed by atoms with van der Waals surface area (Å²) in [5.74, 6) is -0.933. The summed E-state index contributed by atoms with van der Waals surface area (Å²) in [6.45, 7) is 0. The Bertz CT molecular complexity index is 1900. The maximum Gasteiger partial charge on any atom is 0.255 e. The zero-order valence-corrected chi connectivity index (χ0v) is 20.6. The van der Waals surface area contributed by atoms with Gasteiger partial charge in [0.1, 0.15) is 0 Å². The first kappa shape index (κ1) is 24.6. The maximum absolute atomic E-state index is 12.9. The number of carbonyl (C=O) groups is 2. The summed E-state index contributed by atoms with van der Waals surface area (Å²) in [4.78, 5) is 24.6. The van der Waals surface area contributed by atoms with Crippen molar-refractivity contribution in [3.8, 4) is 11.8 Å². The first-order valence-corrected chi connectivity index (χ1v) is 12.9. The third kappa shape index (κ3) is 4.69. The lowest BCUT2D eigenvalue weighted by atomic mass is 10.0. The standard InChI is InChI=1S/C27H20N6O4S/c28-15-16-2-1-3-18(12-16)27(35)31-19-6-4-17-5-11-22-24(14-25(29)34)32-33(26(22)23(17)13-19)20-7-9-21(10-8-20)38(30,36)37/h1-13H,14H2,(H2,29,34)(H,31,35)(H2,30,36,37). The fraction of sp³-hybridized carbons (Fsp3) is 0.0370. The zero-order chi connectivity index (χ0) is 27.0. The molecule has 0 aliphatic carbocycles. The van der Waals surface area contributed by atoms with Crippen molar-refractivity contribution in [2.75, 3.05) is 5.32 Å². The predicted octanol–water partition coefficient (Wildman–Crippen LogP) is 2.98. The number of nitrogens with two attached hydrogens (primary N) is 2. The molecule has 5 rings (SSSR count). The molecule has 0 aliphatic heterocycles. The average Bonchev–Trinajstić information content (AvgIpc) is 3.26. The lowest BCUT2D eigenvalue weighted by Gasteiger charge is -2.10. The molecule has 0 aliphatic rings. The molecule has 0 unspecified atom stereocenters. The van der Waals surface area contributed by atoms with E-state index >= 15 is 0 Å². The molecule has 0 saturated carbocycles. The van der Waals surface area contributed by atoms with Crippen molar-refractivity contribution in [3.05, 3.63) is 95.7 Å². The fourth-order valence-electron chi connectivity index (χ4n) is 4.26. The highest BCUT2D eigenvalue weighted by atomic mass is 32.2. The predicted molar refractivity (Wildman–Crippen MR) is 142 cm³/mol. The van der Waals surface area contributed by atoms with Crippen LogP contribution in [0.2, 0.25) is 0 Å². The normalized spacial score (nSPS) is 11.4. The van der Waals surface area contributed by atoms with E-state index in [4.69, 9.17) is 16.1 Å². The molecule has 2 amide bonds. The number of rotatable bonds is 6. The molecule has 4 aromatic carbocycles. The Morgan fingerprint density at radius 3 is 2.39 bits per heavy atom. The van der Waals surface area contributed by atoms with E-state index in [1.54, 1.807) is 47.1 Å². The molecule has 38 heavy (non-hydrogen) atoms. The van der Waals surface area contributed by atoms with Gasteiger partial charge in [0.15, 0.2) is 0 Å². The van der Waals surface area contributed by atoms with Crippen LogP contribution in [0, 0.1) is 11.3 Å². The van der Waals surface area contributed by atoms with E-state index in [1.165, 1.54) is 18.2 Å². The van der Waals surface area contributed by atoms with Crippen LogP contribution in [0.5, 0.6) is 0 Å². The van der Waals surface area contributed by atoms with E-state index in [9.17, 15) is 18.0 Å². The summed E-state index contributed by atoms with van der Waals surface area (Å²) in [5.41, 5.74) is 8.31. The average molecular weight is 525 g/mol. The second kappa shape index (κ2) is 9.44. The molecule has 10 nitrogen and oxygen atoms in total. The van der Waals surface area contributed by atoms with Gasteiger partial charge < -0.3 is 11.1 Å². The summed E-state index contributed by atoms with van der Waals surface area (Å²) in [6.07, 6.45) is -0.101. The summed E-state index contributed by atoms with van der Waals surface area (Å²) >= 11 is 0. The lowest BCUT2D eigenvalue weighted by Crippen LogP contribution is -2.14. The molecule has 11 heteroatoms. The quantitative estimate of drug-likeness (QED) is 0.308. The number of carbonyl (C=O) groups excluding carboxylic acids is 2. The van der Waals surface area contributed by atoms with Gasteiger partial charge in [-0.3, -0.25) is 9.59 Å². The number of sulfonamides is 1. The molecule has 188 valence electrons. The van der Waals surface area contributed by atoms with Crippen LogP contribution in [0.4, 0.5) is 5.69 Å². The second-order valence-corrected chi connectivity index (χ2v) is 10.1. The van der Waals surface area contributed by atoms with Crippen LogP contribution in [0.3, 0.4) is 0 Å². The SMILES string of the molecule is N#Cc1cccc(C(=O)Nc2ccc3ccc4c(CC(N)=O)nn(-c5ccc(S(N)(=O)=O)cc5)c4c3c2)c1. The van der Waals surface area contributed by atoms with Gasteiger partial charge in [0.2, 0.25) is 15.9 Å². The van der Waals surface area contributed by atoms with Crippen LogP contribution < -0.4 is 16.2 Å². The maximum atomic E-state index is 12.9. The fourth-order valence-corrected chi connectivity index (χ4v) is 4.78. The summed E-state index contributed by atoms with van der Waals surface area (Å²) in [6, 6.07) is 23.4. The number of nitrogens with zero attached hydrogens (tertiary/aromatic N) is 3. The Labute approximate surface area is 217 Å². The molecule has 0 saturated heterocycles. The molecule has 0 spiro atoms. The number of primary amides is 1. The molecular weight excluding hydrogens is 504 g/mol. The Morgan fingerprint density at radius 1 is 0.974 bits per heavy atom. The van der Waals surface area contributed by atoms with Crippen LogP contribution in [0.1, 0.15) is 21.6 Å². The first-order chi connectivity index (χ1) is 18.1. The van der Waals surface area contributed by atoms with Gasteiger partial charge in [0, 0.05) is 22.0 Å². The Morgan fingerprint density at radius 2 is 1.71 bits per heavy atom. The van der Waals surface area contributed by atoms with Gasteiger partial charge in [-0.15, -0.1) is 0 Å². The minimum absolute atomic E-state index is 0.0506. The number of nitrogens with one attached hydrogen (secondary N) is 1. The van der Waals surface area contributed by atoms with Gasteiger partial charge in [0.25, 0.3) is 5.91 Å². The number of aromatic nitrogens is 2. The van der Waals surface area contributed by atoms with E-state index in [2.05, 4.69) is 10.4 Å². The highest BCUT2D eigenvalue weighted by molar-refractivity contribution is 7.89. The van der Waals surface area contributed by atoms with Gasteiger partial charge in [-0.2, -0.15) is 10.4 Å². The number of amides is 2. The van der Waals surface area contributed by atoms with Crippen molar-refractivity contribution in [2.45, 2.75) is 11.3 Å². The van der Waals surface area contributed by atoms with Gasteiger partial charge in [-0.25, -0.2) is 18.2 Å². The van der Waals surface area contributed by atoms with Gasteiger partial charge in [0.05, 0.1) is 39.8 Å². The molecule has 1 heterocycles. The molecule has 0 radical (unpaired) electrons. The van der Waals surface area contributed by atoms with Gasteiger partial charge >= 0.3 is 0 Å². The summed E-state index contributed by atoms with van der Waals surface area (Å²) < 4.78 is 25.0. The third-order valence-electron chi connectivity index (χ3n) is 6.00. The van der Waals surface area contributed by atoms with Crippen molar-refractivity contribution in [1.29, 1.82) is 5.26 Å². The van der Waals surface area contributed by atoms with Crippen LogP contribution in [-0.2, 0) is 21.2 Å². The summed E-state index contributed by atoms with van der Waals surface area (Å²) in [5, 5.41) is 24.1. The van der Waals surface area contributed by atoms with Gasteiger partial charge in [-0.1, -0.05) is 24.3 Å². The van der Waals surface area contributed by atoms with Crippen molar-refractivity contribution < 1.29 is 18.0 Å². The van der Waals surface area contributed by atoms with Crippen LogP contribution in [0.15, 0.2) is 83.8 Å². The molecule has 0 fully saturated rings. The number of primary sulfonamides is 1. The second-order valence-electron chi connectivity index (χ2n) is 8.58. The van der Waals surface area contributed by atoms with Gasteiger partial charge in [-0.05, 0) is 60.0 Å². The molecule has 0 bridgehead atoms. The van der Waals surface area contributed by atoms with Crippen molar-refractivity contribution in [1.82, 2.24) is 9.78 Å². The Hall–Kier alpha value is -5.05. The highest BCUT2D eigenvalue weighted by Crippen LogP contribution is 2.32. The lowest BCUT2D eigenvalue weighted by molar-refractivity contribution is -0.117. The van der Waals surface area contributed by atoms with E-state index < -0.39 is 15.9 Å². The van der Waals surface area contributed by atoms with Crippen molar-refractivity contribution in [3.63, 3.8) is 0 Å². The largest absolute Gasteiger partial charge is 0.369 e. The molecule has 5 N–H and O–H groups in total. The number of nitriles is 1. The monoisotopic (exact) mass is 524 g/mol. The van der Waals surface area contributed by atoms with Crippen LogP contribution in [-0.4, -0.2) is 30.0 Å². The van der Waals surface area contributed by atoms with E-state index in [0.717, 1.165) is 10.8 Å². The molecule has 1 aromatic heterocycles. The number of anilines is 1. The van der Waals surface area contributed by atoms with E-state index in [0.29, 0.717) is 39.1 Å². The van der Waals surface area contributed by atoms with E-state index in [1.807, 2.05) is 24.3 Å². The van der Waals surface area contributed by atoms with Crippen LogP contribution >= 0.6 is 0 Å². The molecular formula is C27H20N6O4S. The third-order valence-corrected chi connectivity index (χ3v) is 6.93. The topological polar surface area (TPSA) is 174 Å².